The molecule has 26 heavy (non-hydrogen) atoms. The molecular weight excluding hydrogens is 332 g/mol. The fraction of sp³-hybridized carbons (Fsp3) is 0.300. The normalized spacial score (nSPS) is 25.4. The van der Waals surface area contributed by atoms with Gasteiger partial charge in [0.05, 0.1) is 11.8 Å². The van der Waals surface area contributed by atoms with E-state index in [2.05, 4.69) is 0 Å². The van der Waals surface area contributed by atoms with Gasteiger partial charge in [0, 0.05) is 17.4 Å². The van der Waals surface area contributed by atoms with E-state index >= 15 is 0 Å². The van der Waals surface area contributed by atoms with Gasteiger partial charge in [0.25, 0.3) is 0 Å². The van der Waals surface area contributed by atoms with Gasteiger partial charge in [0.1, 0.15) is 0 Å². The Bertz CT molecular complexity index is 953. The van der Waals surface area contributed by atoms with Crippen LogP contribution in [-0.4, -0.2) is 22.0 Å². The summed E-state index contributed by atoms with van der Waals surface area (Å²) in [6.45, 7) is 1.94. The first kappa shape index (κ1) is 16.4. The van der Waals surface area contributed by atoms with Crippen molar-refractivity contribution in [1.82, 2.24) is 0 Å². The Morgan fingerprint density at radius 3 is 1.92 bits per heavy atom. The summed E-state index contributed by atoms with van der Waals surface area (Å²) in [7, 11) is 0. The van der Waals surface area contributed by atoms with Crippen molar-refractivity contribution in [1.29, 1.82) is 0 Å². The lowest BCUT2D eigenvalue weighted by Crippen LogP contribution is -2.51. The van der Waals surface area contributed by atoms with Crippen LogP contribution in [0.25, 0.3) is 0 Å². The molecule has 0 saturated carbocycles. The molecule has 2 bridgehead atoms. The third kappa shape index (κ3) is 1.92. The van der Waals surface area contributed by atoms with Crippen molar-refractivity contribution < 1.29 is 19.8 Å². The number of phenolic OH excluding ortho intramolecular Hbond substituents is 2. The number of amides is 2. The van der Waals surface area contributed by atoms with Gasteiger partial charge in [0.2, 0.25) is 11.8 Å². The predicted octanol–water partition coefficient (Wildman–Crippen LogP) is 1.45. The van der Waals surface area contributed by atoms with Crippen LogP contribution in [0, 0.1) is 11.8 Å². The number of fused-ring (bicyclic) bond motifs is 1. The third-order valence-corrected chi connectivity index (χ3v) is 5.88. The van der Waals surface area contributed by atoms with Crippen molar-refractivity contribution in [2.45, 2.75) is 25.2 Å². The molecule has 4 atom stereocenters. The number of rotatable bonds is 3. The second-order valence-corrected chi connectivity index (χ2v) is 7.02. The first-order valence-electron chi connectivity index (χ1n) is 8.63. The van der Waals surface area contributed by atoms with Crippen LogP contribution in [0.5, 0.6) is 11.5 Å². The molecule has 0 aliphatic heterocycles. The topological polar surface area (TPSA) is 127 Å². The molecule has 5 rings (SSSR count). The molecule has 0 spiro atoms. The highest BCUT2D eigenvalue weighted by molar-refractivity contribution is 5.91. The van der Waals surface area contributed by atoms with E-state index in [1.54, 1.807) is 0 Å². The number of carbonyl (C=O) groups excluding carboxylic acids is 2. The molecule has 3 aliphatic carbocycles. The Morgan fingerprint density at radius 1 is 0.962 bits per heavy atom. The van der Waals surface area contributed by atoms with Gasteiger partial charge in [-0.2, -0.15) is 0 Å². The lowest BCUT2D eigenvalue weighted by atomic mass is 9.53. The lowest BCUT2D eigenvalue weighted by molar-refractivity contribution is -0.133. The average molecular weight is 352 g/mol. The Kier molecular flexibility index (Phi) is 3.47. The zero-order valence-electron chi connectivity index (χ0n) is 14.3. The van der Waals surface area contributed by atoms with Gasteiger partial charge < -0.3 is 21.7 Å². The Balaban J connectivity index is 2.14. The zero-order chi connectivity index (χ0) is 18.7. The fourth-order valence-electron chi connectivity index (χ4n) is 4.96. The van der Waals surface area contributed by atoms with E-state index in [4.69, 9.17) is 11.5 Å². The van der Waals surface area contributed by atoms with E-state index in [0.29, 0.717) is 12.0 Å². The molecule has 4 unspecified atom stereocenters. The Morgan fingerprint density at radius 2 is 1.46 bits per heavy atom. The van der Waals surface area contributed by atoms with E-state index in [-0.39, 0.29) is 11.5 Å². The third-order valence-electron chi connectivity index (χ3n) is 5.88. The first-order chi connectivity index (χ1) is 12.4. The maximum Gasteiger partial charge on any atom is 0.222 e. The number of aromatic hydroxyl groups is 2. The standard InChI is InChI=1S/C20H20N2O4/c1-2-8-7-11(23)18(24)15-12(8)13-9-5-3-4-6-10(9)14(15)17(20(22)26)16(13)19(21)25/h3-7,13-14,16-17,23-24H,2H2,1H3,(H2,21,25)(H2,22,26). The number of hydrogen-bond donors (Lipinski definition) is 4. The van der Waals surface area contributed by atoms with E-state index in [9.17, 15) is 19.8 Å². The number of hydrogen-bond acceptors (Lipinski definition) is 4. The minimum Gasteiger partial charge on any atom is -0.504 e. The summed E-state index contributed by atoms with van der Waals surface area (Å²) in [5, 5.41) is 20.8. The molecule has 0 radical (unpaired) electrons. The summed E-state index contributed by atoms with van der Waals surface area (Å²) < 4.78 is 0. The van der Waals surface area contributed by atoms with Crippen LogP contribution < -0.4 is 11.5 Å². The second-order valence-electron chi connectivity index (χ2n) is 7.02. The quantitative estimate of drug-likeness (QED) is 0.624. The molecule has 0 saturated heterocycles. The molecule has 6 heteroatoms. The number of benzene rings is 2. The molecule has 2 amide bonds. The summed E-state index contributed by atoms with van der Waals surface area (Å²) >= 11 is 0. The molecule has 0 heterocycles. The Labute approximate surface area is 150 Å². The van der Waals surface area contributed by atoms with Crippen molar-refractivity contribution in [3.8, 4) is 11.5 Å². The molecule has 2 aromatic carbocycles. The van der Waals surface area contributed by atoms with Gasteiger partial charge in [-0.25, -0.2) is 0 Å². The molecule has 0 aromatic heterocycles. The Hall–Kier alpha value is -3.02. The molecular formula is C20H20N2O4. The number of primary amides is 2. The monoisotopic (exact) mass is 352 g/mol. The van der Waals surface area contributed by atoms with Crippen molar-refractivity contribution in [2.75, 3.05) is 0 Å². The lowest BCUT2D eigenvalue weighted by Gasteiger charge is -2.49. The number of carbonyl (C=O) groups is 2. The van der Waals surface area contributed by atoms with Crippen LogP contribution in [0.3, 0.4) is 0 Å². The van der Waals surface area contributed by atoms with Gasteiger partial charge in [-0.15, -0.1) is 0 Å². The van der Waals surface area contributed by atoms with Crippen LogP contribution in [0.2, 0.25) is 0 Å². The number of nitrogens with two attached hydrogens (primary N) is 2. The van der Waals surface area contributed by atoms with Gasteiger partial charge in [0.15, 0.2) is 11.5 Å². The van der Waals surface area contributed by atoms with Gasteiger partial charge in [-0.05, 0) is 34.7 Å². The number of phenols is 2. The van der Waals surface area contributed by atoms with E-state index < -0.39 is 35.5 Å². The van der Waals surface area contributed by atoms with Crippen LogP contribution in [0.15, 0.2) is 30.3 Å². The molecule has 3 aliphatic rings. The highest BCUT2D eigenvalue weighted by Gasteiger charge is 2.56. The largest absolute Gasteiger partial charge is 0.504 e. The van der Waals surface area contributed by atoms with Gasteiger partial charge in [-0.3, -0.25) is 9.59 Å². The average Bonchev–Trinajstić information content (AvgIpc) is 2.63. The SMILES string of the molecule is CCc1cc(O)c(O)c2c1C1c3ccccc3C2C(C(N)=O)C1C(N)=O. The van der Waals surface area contributed by atoms with Crippen LogP contribution >= 0.6 is 0 Å². The highest BCUT2D eigenvalue weighted by Crippen LogP contribution is 2.62. The minimum absolute atomic E-state index is 0.232. The highest BCUT2D eigenvalue weighted by atomic mass is 16.3. The van der Waals surface area contributed by atoms with Crippen LogP contribution in [0.4, 0.5) is 0 Å². The minimum atomic E-state index is -0.864. The summed E-state index contributed by atoms with van der Waals surface area (Å²) in [5.41, 5.74) is 15.2. The molecule has 6 N–H and O–H groups in total. The van der Waals surface area contributed by atoms with Crippen molar-refractivity contribution in [2.24, 2.45) is 23.3 Å². The summed E-state index contributed by atoms with van der Waals surface area (Å²) in [5.74, 6) is -4.43. The first-order valence-corrected chi connectivity index (χ1v) is 8.63. The number of aryl methyl sites for hydroxylation is 1. The van der Waals surface area contributed by atoms with Gasteiger partial charge in [-0.1, -0.05) is 31.2 Å². The molecule has 0 fully saturated rings. The van der Waals surface area contributed by atoms with E-state index in [0.717, 1.165) is 22.3 Å². The van der Waals surface area contributed by atoms with Crippen LogP contribution in [0.1, 0.15) is 46.6 Å². The molecule has 2 aromatic rings. The van der Waals surface area contributed by atoms with Crippen LogP contribution in [-0.2, 0) is 16.0 Å². The second kappa shape index (κ2) is 5.49. The summed E-state index contributed by atoms with van der Waals surface area (Å²) in [4.78, 5) is 24.6. The van der Waals surface area contributed by atoms with E-state index in [1.807, 2.05) is 31.2 Å². The van der Waals surface area contributed by atoms with Gasteiger partial charge >= 0.3 is 0 Å². The smallest absolute Gasteiger partial charge is 0.222 e. The fourth-order valence-corrected chi connectivity index (χ4v) is 4.96. The maximum absolute atomic E-state index is 12.3. The zero-order valence-corrected chi connectivity index (χ0v) is 14.3. The van der Waals surface area contributed by atoms with Crippen molar-refractivity contribution in [3.05, 3.63) is 58.1 Å². The summed E-state index contributed by atoms with van der Waals surface area (Å²) in [6.07, 6.45) is 0.605. The molecule has 134 valence electrons. The van der Waals surface area contributed by atoms with Crippen molar-refractivity contribution >= 4 is 11.8 Å². The van der Waals surface area contributed by atoms with Crippen molar-refractivity contribution in [3.63, 3.8) is 0 Å². The predicted molar refractivity (Wildman–Crippen MR) is 94.6 cm³/mol. The maximum atomic E-state index is 12.3. The molecule has 6 nitrogen and oxygen atoms in total. The summed E-state index contributed by atoms with van der Waals surface area (Å²) in [6, 6.07) is 9.04. The van der Waals surface area contributed by atoms with E-state index in [1.165, 1.54) is 6.07 Å².